The molecule has 1 fully saturated rings. The van der Waals surface area contributed by atoms with Gasteiger partial charge < -0.3 is 21.1 Å². The molecule has 3 rings (SSSR count). The maximum atomic E-state index is 13.6. The first kappa shape index (κ1) is 32.4. The van der Waals surface area contributed by atoms with Gasteiger partial charge in [0.2, 0.25) is 10.0 Å². The fraction of sp³-hybridized carbons (Fsp3) is 0.548. The van der Waals surface area contributed by atoms with Crippen LogP contribution in [-0.4, -0.2) is 68.5 Å². The number of rotatable bonds is 15. The molecule has 1 aliphatic carbocycles. The van der Waals surface area contributed by atoms with Crippen LogP contribution >= 0.6 is 0 Å². The summed E-state index contributed by atoms with van der Waals surface area (Å²) in [4.78, 5) is 18.1. The number of hydrogen-bond donors (Lipinski definition) is 4. The van der Waals surface area contributed by atoms with Gasteiger partial charge in [0, 0.05) is 44.6 Å². The van der Waals surface area contributed by atoms with Gasteiger partial charge in [-0.05, 0) is 56.7 Å². The molecule has 224 valence electrons. The molecule has 1 saturated carbocycles. The van der Waals surface area contributed by atoms with E-state index in [0.717, 1.165) is 22.7 Å². The third kappa shape index (κ3) is 10.3. The zero-order valence-electron chi connectivity index (χ0n) is 24.9. The standard InChI is InChI=1S/C31H45N5O4S/c1-22(2)11-9-10-16-32-21-28(37)27(17-24-12-7-6-8-13-24)34-31(38)26-18-29(33-20-25-14-15-25)35-30(19-26)36(5)41(39,40)23(3)4/h6-8,12-13,18-19,22-23,25,27-28,32,37H,10,14-17,20-21H2,1-5H3,(H,33,35)(H,34,38)/t27-,28+/m0/s1. The lowest BCUT2D eigenvalue weighted by Gasteiger charge is -2.26. The Hall–Kier alpha value is -3.13. The van der Waals surface area contributed by atoms with Crippen molar-refractivity contribution in [2.24, 2.45) is 11.8 Å². The zero-order chi connectivity index (χ0) is 30.0. The minimum absolute atomic E-state index is 0.161. The van der Waals surface area contributed by atoms with Gasteiger partial charge in [-0.2, -0.15) is 0 Å². The van der Waals surface area contributed by atoms with E-state index in [1.165, 1.54) is 13.1 Å². The number of aliphatic hydroxyl groups is 1. The van der Waals surface area contributed by atoms with Gasteiger partial charge in [0.05, 0.1) is 17.4 Å². The Balaban J connectivity index is 1.80. The van der Waals surface area contributed by atoms with Crippen molar-refractivity contribution in [3.05, 3.63) is 53.6 Å². The number of aromatic nitrogens is 1. The number of aliphatic hydroxyl groups excluding tert-OH is 1. The Morgan fingerprint density at radius 3 is 2.49 bits per heavy atom. The fourth-order valence-corrected chi connectivity index (χ4v) is 5.13. The molecule has 1 heterocycles. The lowest BCUT2D eigenvalue weighted by molar-refractivity contribution is 0.0831. The highest BCUT2D eigenvalue weighted by atomic mass is 32.2. The quantitative estimate of drug-likeness (QED) is 0.187. The van der Waals surface area contributed by atoms with Crippen molar-refractivity contribution in [1.29, 1.82) is 0 Å². The summed E-state index contributed by atoms with van der Waals surface area (Å²) in [5.74, 6) is 7.30. The van der Waals surface area contributed by atoms with Gasteiger partial charge in [-0.15, -0.1) is 11.8 Å². The summed E-state index contributed by atoms with van der Waals surface area (Å²) in [6.45, 7) is 8.92. The molecular weight excluding hydrogens is 538 g/mol. The van der Waals surface area contributed by atoms with E-state index in [0.29, 0.717) is 43.6 Å². The SMILES string of the molecule is CC(C)C#CCCNC[C@@H](O)[C@H](Cc1ccccc1)NC(=O)c1cc(NCC2CC2)nc(N(C)S(=O)(=O)C(C)C)c1. The van der Waals surface area contributed by atoms with E-state index in [4.69, 9.17) is 0 Å². The van der Waals surface area contributed by atoms with E-state index in [1.807, 2.05) is 44.2 Å². The molecule has 0 bridgehead atoms. The molecule has 0 unspecified atom stereocenters. The normalized spacial score (nSPS) is 14.7. The van der Waals surface area contributed by atoms with Crippen LogP contribution in [0.1, 0.15) is 62.9 Å². The lowest BCUT2D eigenvalue weighted by Crippen LogP contribution is -2.49. The molecule has 4 N–H and O–H groups in total. The Morgan fingerprint density at radius 1 is 1.15 bits per heavy atom. The van der Waals surface area contributed by atoms with Gasteiger partial charge >= 0.3 is 0 Å². The summed E-state index contributed by atoms with van der Waals surface area (Å²) in [7, 11) is -2.21. The van der Waals surface area contributed by atoms with Gasteiger partial charge in [0.15, 0.2) is 0 Å². The first-order valence-corrected chi connectivity index (χ1v) is 15.9. The van der Waals surface area contributed by atoms with Crippen LogP contribution in [-0.2, 0) is 16.4 Å². The predicted molar refractivity (Wildman–Crippen MR) is 165 cm³/mol. The van der Waals surface area contributed by atoms with Crippen LogP contribution in [0, 0.1) is 23.7 Å². The molecule has 0 radical (unpaired) electrons. The van der Waals surface area contributed by atoms with Gasteiger partial charge in [-0.3, -0.25) is 9.10 Å². The molecule has 2 atom stereocenters. The molecule has 10 heteroatoms. The molecule has 9 nitrogen and oxygen atoms in total. The van der Waals surface area contributed by atoms with Crippen LogP contribution in [0.5, 0.6) is 0 Å². The predicted octanol–water partition coefficient (Wildman–Crippen LogP) is 3.42. The van der Waals surface area contributed by atoms with Crippen LogP contribution in [0.15, 0.2) is 42.5 Å². The number of benzene rings is 1. The van der Waals surface area contributed by atoms with Crippen LogP contribution in [0.25, 0.3) is 0 Å². The van der Waals surface area contributed by atoms with Crippen molar-refractivity contribution >= 4 is 27.6 Å². The molecule has 0 spiro atoms. The number of pyridine rings is 1. The topological polar surface area (TPSA) is 124 Å². The number of sulfonamides is 1. The molecule has 1 aromatic carbocycles. The van der Waals surface area contributed by atoms with E-state index in [2.05, 4.69) is 32.8 Å². The smallest absolute Gasteiger partial charge is 0.251 e. The Bertz CT molecular complexity index is 1300. The number of nitrogens with one attached hydrogen (secondary N) is 3. The third-order valence-electron chi connectivity index (χ3n) is 6.89. The molecule has 0 saturated heterocycles. The van der Waals surface area contributed by atoms with Crippen molar-refractivity contribution < 1.29 is 18.3 Å². The molecule has 0 aliphatic heterocycles. The Kier molecular flexibility index (Phi) is 12.0. The second kappa shape index (κ2) is 15.2. The van der Waals surface area contributed by atoms with Crippen LogP contribution < -0.4 is 20.3 Å². The van der Waals surface area contributed by atoms with E-state index >= 15 is 0 Å². The number of carbonyl (C=O) groups is 1. The van der Waals surface area contributed by atoms with Gasteiger partial charge in [-0.1, -0.05) is 44.2 Å². The van der Waals surface area contributed by atoms with Gasteiger partial charge in [0.25, 0.3) is 5.91 Å². The van der Waals surface area contributed by atoms with Crippen molar-refractivity contribution in [1.82, 2.24) is 15.6 Å². The van der Waals surface area contributed by atoms with E-state index in [9.17, 15) is 18.3 Å². The minimum atomic E-state index is -3.65. The third-order valence-corrected chi connectivity index (χ3v) is 9.04. The summed E-state index contributed by atoms with van der Waals surface area (Å²) in [6.07, 6.45) is 2.51. The average molecular weight is 584 g/mol. The Labute approximate surface area is 245 Å². The highest BCUT2D eigenvalue weighted by molar-refractivity contribution is 7.93. The number of hydrogen-bond acceptors (Lipinski definition) is 7. The summed E-state index contributed by atoms with van der Waals surface area (Å²) >= 11 is 0. The van der Waals surface area contributed by atoms with Gasteiger partial charge in [-0.25, -0.2) is 13.4 Å². The summed E-state index contributed by atoms with van der Waals surface area (Å²) < 4.78 is 26.9. The second-order valence-electron chi connectivity index (χ2n) is 11.3. The maximum Gasteiger partial charge on any atom is 0.251 e. The van der Waals surface area contributed by atoms with Crippen LogP contribution in [0.3, 0.4) is 0 Å². The largest absolute Gasteiger partial charge is 0.390 e. The van der Waals surface area contributed by atoms with E-state index in [-0.39, 0.29) is 17.9 Å². The summed E-state index contributed by atoms with van der Waals surface area (Å²) in [6, 6.07) is 12.2. The number of nitrogens with zero attached hydrogens (tertiary/aromatic N) is 2. The van der Waals surface area contributed by atoms with Crippen molar-refractivity contribution in [2.75, 3.05) is 36.3 Å². The van der Waals surface area contributed by atoms with Gasteiger partial charge in [0.1, 0.15) is 11.6 Å². The number of anilines is 2. The fourth-order valence-electron chi connectivity index (χ4n) is 4.14. The summed E-state index contributed by atoms with van der Waals surface area (Å²) in [5, 5.41) is 20.0. The minimum Gasteiger partial charge on any atom is -0.390 e. The van der Waals surface area contributed by atoms with Crippen molar-refractivity contribution in [3.8, 4) is 11.8 Å². The van der Waals surface area contributed by atoms with Crippen LogP contribution in [0.4, 0.5) is 11.6 Å². The van der Waals surface area contributed by atoms with E-state index < -0.39 is 33.3 Å². The molecule has 1 amide bonds. The molecule has 1 aromatic heterocycles. The monoisotopic (exact) mass is 583 g/mol. The highest BCUT2D eigenvalue weighted by Crippen LogP contribution is 2.29. The molecule has 1 aliphatic rings. The zero-order valence-corrected chi connectivity index (χ0v) is 25.7. The maximum absolute atomic E-state index is 13.6. The van der Waals surface area contributed by atoms with E-state index in [1.54, 1.807) is 19.9 Å². The average Bonchev–Trinajstić information content (AvgIpc) is 3.77. The first-order valence-electron chi connectivity index (χ1n) is 14.4. The lowest BCUT2D eigenvalue weighted by atomic mass is 10.0. The number of amides is 1. The molecular formula is C31H45N5O4S. The summed E-state index contributed by atoms with van der Waals surface area (Å²) in [5.41, 5.74) is 1.24. The molecule has 2 aromatic rings. The Morgan fingerprint density at radius 2 is 1.85 bits per heavy atom. The van der Waals surface area contributed by atoms with Crippen molar-refractivity contribution in [3.63, 3.8) is 0 Å². The van der Waals surface area contributed by atoms with Crippen LogP contribution in [0.2, 0.25) is 0 Å². The second-order valence-corrected chi connectivity index (χ2v) is 13.8. The molecule has 41 heavy (non-hydrogen) atoms. The number of carbonyl (C=O) groups excluding carboxylic acids is 1. The first-order chi connectivity index (χ1) is 19.5. The van der Waals surface area contributed by atoms with Crippen molar-refractivity contribution in [2.45, 2.75) is 70.8 Å². The highest BCUT2D eigenvalue weighted by Gasteiger charge is 2.27.